The zero-order valence-corrected chi connectivity index (χ0v) is 15.6. The molecule has 0 aromatic heterocycles. The Morgan fingerprint density at radius 1 is 0.893 bits per heavy atom. The monoisotopic (exact) mass is 395 g/mol. The molecule has 6 heteroatoms. The van der Waals surface area contributed by atoms with Crippen LogP contribution in [0.5, 0.6) is 5.75 Å². The minimum atomic E-state index is -1.02. The van der Waals surface area contributed by atoms with E-state index in [0.717, 1.165) is 11.1 Å². The van der Waals surface area contributed by atoms with Crippen LogP contribution < -0.4 is 10.1 Å². The van der Waals surface area contributed by atoms with Crippen LogP contribution in [0.25, 0.3) is 0 Å². The minimum absolute atomic E-state index is 0.156. The van der Waals surface area contributed by atoms with Gasteiger partial charge in [-0.3, -0.25) is 4.79 Å². The summed E-state index contributed by atoms with van der Waals surface area (Å²) in [6.45, 7) is -0.191. The van der Waals surface area contributed by atoms with E-state index in [0.29, 0.717) is 10.8 Å². The summed E-state index contributed by atoms with van der Waals surface area (Å²) in [4.78, 5) is 23.3. The first kappa shape index (κ1) is 19.5. The predicted molar refractivity (Wildman–Crippen MR) is 107 cm³/mol. The number of rotatable bonds is 7. The molecule has 2 N–H and O–H groups in total. The summed E-state index contributed by atoms with van der Waals surface area (Å²) in [5.41, 5.74) is 1.99. The van der Waals surface area contributed by atoms with Gasteiger partial charge in [-0.15, -0.1) is 0 Å². The SMILES string of the molecule is O=C(COc1ccc(C(=O)O)cc1)NC(c1ccccc1)c1ccc(Cl)cc1. The van der Waals surface area contributed by atoms with Crippen molar-refractivity contribution in [1.82, 2.24) is 5.32 Å². The molecular formula is C22H18ClNO4. The number of nitrogens with one attached hydrogen (secondary N) is 1. The molecule has 0 saturated heterocycles. The quantitative estimate of drug-likeness (QED) is 0.624. The van der Waals surface area contributed by atoms with Gasteiger partial charge in [0.2, 0.25) is 0 Å². The maximum absolute atomic E-state index is 12.5. The maximum atomic E-state index is 12.5. The minimum Gasteiger partial charge on any atom is -0.484 e. The average Bonchev–Trinajstić information content (AvgIpc) is 2.72. The molecule has 0 saturated carbocycles. The molecule has 142 valence electrons. The zero-order valence-electron chi connectivity index (χ0n) is 14.8. The second kappa shape index (κ2) is 9.06. The van der Waals surface area contributed by atoms with Crippen molar-refractivity contribution in [3.05, 3.63) is 101 Å². The standard InChI is InChI=1S/C22H18ClNO4/c23-18-10-6-16(7-11-18)21(15-4-2-1-3-5-15)24-20(25)14-28-19-12-8-17(9-13-19)22(26)27/h1-13,21H,14H2,(H,24,25)(H,26,27). The number of hydrogen-bond donors (Lipinski definition) is 2. The van der Waals surface area contributed by atoms with Gasteiger partial charge in [0.1, 0.15) is 5.75 Å². The molecule has 28 heavy (non-hydrogen) atoms. The molecule has 0 heterocycles. The smallest absolute Gasteiger partial charge is 0.335 e. The Bertz CT molecular complexity index is 941. The molecule has 1 atom stereocenters. The summed E-state index contributed by atoms with van der Waals surface area (Å²) in [5, 5.41) is 12.5. The number of hydrogen-bond acceptors (Lipinski definition) is 3. The molecule has 0 aliphatic rings. The highest BCUT2D eigenvalue weighted by molar-refractivity contribution is 6.30. The lowest BCUT2D eigenvalue weighted by molar-refractivity contribution is -0.123. The number of carboxylic acid groups (broad SMARTS) is 1. The average molecular weight is 396 g/mol. The molecule has 0 radical (unpaired) electrons. The second-order valence-electron chi connectivity index (χ2n) is 6.08. The Morgan fingerprint density at radius 3 is 2.11 bits per heavy atom. The van der Waals surface area contributed by atoms with Crippen molar-refractivity contribution in [2.24, 2.45) is 0 Å². The van der Waals surface area contributed by atoms with Gasteiger partial charge in [-0.05, 0) is 47.5 Å². The van der Waals surface area contributed by atoms with Crippen molar-refractivity contribution in [3.63, 3.8) is 0 Å². The van der Waals surface area contributed by atoms with Crippen molar-refractivity contribution in [3.8, 4) is 5.75 Å². The Labute approximate surface area is 167 Å². The van der Waals surface area contributed by atoms with Crippen LogP contribution in [-0.2, 0) is 4.79 Å². The molecule has 3 rings (SSSR count). The topological polar surface area (TPSA) is 75.6 Å². The van der Waals surface area contributed by atoms with Crippen molar-refractivity contribution in [2.45, 2.75) is 6.04 Å². The van der Waals surface area contributed by atoms with Crippen LogP contribution in [0.3, 0.4) is 0 Å². The van der Waals surface area contributed by atoms with Crippen LogP contribution >= 0.6 is 11.6 Å². The van der Waals surface area contributed by atoms with Crippen molar-refractivity contribution >= 4 is 23.5 Å². The third-order valence-electron chi connectivity index (χ3n) is 4.11. The highest BCUT2D eigenvalue weighted by atomic mass is 35.5. The summed E-state index contributed by atoms with van der Waals surface area (Å²) >= 11 is 5.97. The number of amides is 1. The number of aromatic carboxylic acids is 1. The number of benzene rings is 3. The van der Waals surface area contributed by atoms with E-state index in [-0.39, 0.29) is 24.1 Å². The third kappa shape index (κ3) is 5.11. The van der Waals surface area contributed by atoms with Gasteiger partial charge in [0.15, 0.2) is 6.61 Å². The molecule has 0 aliphatic carbocycles. The summed E-state index contributed by atoms with van der Waals surface area (Å²) in [5.74, 6) is -0.896. The zero-order chi connectivity index (χ0) is 19.9. The molecule has 5 nitrogen and oxygen atoms in total. The largest absolute Gasteiger partial charge is 0.484 e. The first-order chi connectivity index (χ1) is 13.5. The highest BCUT2D eigenvalue weighted by Gasteiger charge is 2.17. The fourth-order valence-corrected chi connectivity index (χ4v) is 2.83. The molecule has 0 fully saturated rings. The predicted octanol–water partition coefficient (Wildman–Crippen LogP) is 4.32. The van der Waals surface area contributed by atoms with Crippen LogP contribution in [0.4, 0.5) is 0 Å². The van der Waals surface area contributed by atoms with E-state index < -0.39 is 5.97 Å². The van der Waals surface area contributed by atoms with E-state index in [1.165, 1.54) is 24.3 Å². The fourth-order valence-electron chi connectivity index (χ4n) is 2.71. The lowest BCUT2D eigenvalue weighted by atomic mass is 9.99. The molecule has 0 aliphatic heterocycles. The van der Waals surface area contributed by atoms with Crippen LogP contribution in [0, 0.1) is 0 Å². The summed E-state index contributed by atoms with van der Waals surface area (Å²) in [6.07, 6.45) is 0. The second-order valence-corrected chi connectivity index (χ2v) is 6.52. The Hall–Kier alpha value is -3.31. The van der Waals surface area contributed by atoms with Crippen molar-refractivity contribution in [1.29, 1.82) is 0 Å². The van der Waals surface area contributed by atoms with E-state index >= 15 is 0 Å². The number of carbonyl (C=O) groups is 2. The van der Waals surface area contributed by atoms with Gasteiger partial charge in [-0.2, -0.15) is 0 Å². The van der Waals surface area contributed by atoms with Gasteiger partial charge < -0.3 is 15.2 Å². The molecular weight excluding hydrogens is 378 g/mol. The summed E-state index contributed by atoms with van der Waals surface area (Å²) < 4.78 is 5.47. The Balaban J connectivity index is 1.69. The third-order valence-corrected chi connectivity index (χ3v) is 4.36. The Morgan fingerprint density at radius 2 is 1.50 bits per heavy atom. The van der Waals surface area contributed by atoms with Crippen LogP contribution in [0.15, 0.2) is 78.9 Å². The van der Waals surface area contributed by atoms with E-state index in [9.17, 15) is 9.59 Å². The van der Waals surface area contributed by atoms with E-state index in [4.69, 9.17) is 21.4 Å². The van der Waals surface area contributed by atoms with Gasteiger partial charge in [-0.1, -0.05) is 54.1 Å². The first-order valence-electron chi connectivity index (χ1n) is 8.59. The number of carbonyl (C=O) groups excluding carboxylic acids is 1. The number of ether oxygens (including phenoxy) is 1. The maximum Gasteiger partial charge on any atom is 0.335 e. The lowest BCUT2D eigenvalue weighted by Crippen LogP contribution is -2.33. The van der Waals surface area contributed by atoms with E-state index in [1.54, 1.807) is 12.1 Å². The fraction of sp³-hybridized carbons (Fsp3) is 0.0909. The summed E-state index contributed by atoms with van der Waals surface area (Å²) in [7, 11) is 0. The van der Waals surface area contributed by atoms with Crippen molar-refractivity contribution in [2.75, 3.05) is 6.61 Å². The molecule has 3 aromatic carbocycles. The Kier molecular flexibility index (Phi) is 6.29. The van der Waals surface area contributed by atoms with Crippen LogP contribution in [0.1, 0.15) is 27.5 Å². The van der Waals surface area contributed by atoms with Gasteiger partial charge in [0, 0.05) is 5.02 Å². The molecule has 0 spiro atoms. The first-order valence-corrected chi connectivity index (χ1v) is 8.96. The lowest BCUT2D eigenvalue weighted by Gasteiger charge is -2.20. The molecule has 3 aromatic rings. The highest BCUT2D eigenvalue weighted by Crippen LogP contribution is 2.23. The number of carboxylic acids is 1. The van der Waals surface area contributed by atoms with Crippen molar-refractivity contribution < 1.29 is 19.4 Å². The molecule has 1 amide bonds. The van der Waals surface area contributed by atoms with Crippen LogP contribution in [0.2, 0.25) is 5.02 Å². The number of halogens is 1. The normalized spacial score (nSPS) is 11.5. The van der Waals surface area contributed by atoms with Gasteiger partial charge in [0.05, 0.1) is 11.6 Å². The van der Waals surface area contributed by atoms with Crippen LogP contribution in [-0.4, -0.2) is 23.6 Å². The van der Waals surface area contributed by atoms with E-state index in [1.807, 2.05) is 42.5 Å². The van der Waals surface area contributed by atoms with Gasteiger partial charge in [0.25, 0.3) is 5.91 Å². The van der Waals surface area contributed by atoms with E-state index in [2.05, 4.69) is 5.32 Å². The van der Waals surface area contributed by atoms with Gasteiger partial charge in [-0.25, -0.2) is 4.79 Å². The molecule has 1 unspecified atom stereocenters. The molecule has 0 bridgehead atoms. The summed E-state index contributed by atoms with van der Waals surface area (Å²) in [6, 6.07) is 22.4. The van der Waals surface area contributed by atoms with Gasteiger partial charge >= 0.3 is 5.97 Å².